The highest BCUT2D eigenvalue weighted by molar-refractivity contribution is 5.77. The van der Waals surface area contributed by atoms with Crippen molar-refractivity contribution in [2.75, 3.05) is 26.2 Å². The van der Waals surface area contributed by atoms with Gasteiger partial charge in [0.1, 0.15) is 0 Å². The molecule has 0 saturated carbocycles. The monoisotopic (exact) mass is 258 g/mol. The molecule has 0 aromatic carbocycles. The van der Waals surface area contributed by atoms with E-state index in [1.807, 2.05) is 13.8 Å². The predicted octanol–water partition coefficient (Wildman–Crippen LogP) is 0.0766. The van der Waals surface area contributed by atoms with Crippen molar-refractivity contribution in [2.45, 2.75) is 38.8 Å². The van der Waals surface area contributed by atoms with Gasteiger partial charge in [-0.15, -0.1) is 0 Å². The lowest BCUT2D eigenvalue weighted by Crippen LogP contribution is -2.47. The number of hydrogen-bond donors (Lipinski definition) is 2. The molecule has 1 saturated heterocycles. The van der Waals surface area contributed by atoms with Gasteiger partial charge in [0.2, 0.25) is 5.91 Å². The molecule has 1 rings (SSSR count). The average Bonchev–Trinajstić information content (AvgIpc) is 2.28. The fourth-order valence-corrected chi connectivity index (χ4v) is 2.08. The Morgan fingerprint density at radius 2 is 2.28 bits per heavy atom. The van der Waals surface area contributed by atoms with Crippen LogP contribution in [0.25, 0.3) is 0 Å². The zero-order valence-electron chi connectivity index (χ0n) is 11.0. The molecule has 6 heteroatoms. The number of nitrogens with zero attached hydrogens (tertiary/aromatic N) is 1. The molecule has 6 nitrogen and oxygen atoms in total. The summed E-state index contributed by atoms with van der Waals surface area (Å²) in [5, 5.41) is 11.9. The Labute approximate surface area is 107 Å². The zero-order chi connectivity index (χ0) is 13.5. The van der Waals surface area contributed by atoms with Gasteiger partial charge in [0.05, 0.1) is 19.1 Å². The molecule has 2 unspecified atom stereocenters. The van der Waals surface area contributed by atoms with Crippen LogP contribution in [0.3, 0.4) is 0 Å². The fraction of sp³-hybridized carbons (Fsp3) is 0.833. The summed E-state index contributed by atoms with van der Waals surface area (Å²) in [7, 11) is 0. The number of carboxylic acid groups (broad SMARTS) is 1. The van der Waals surface area contributed by atoms with Gasteiger partial charge >= 0.3 is 5.97 Å². The lowest BCUT2D eigenvalue weighted by Gasteiger charge is -2.33. The van der Waals surface area contributed by atoms with Crippen molar-refractivity contribution in [3.05, 3.63) is 0 Å². The third-order valence-corrected chi connectivity index (χ3v) is 2.93. The molecule has 18 heavy (non-hydrogen) atoms. The summed E-state index contributed by atoms with van der Waals surface area (Å²) < 4.78 is 5.33. The van der Waals surface area contributed by atoms with E-state index in [-0.39, 0.29) is 24.5 Å². The van der Waals surface area contributed by atoms with Crippen molar-refractivity contribution in [1.29, 1.82) is 0 Å². The second-order valence-electron chi connectivity index (χ2n) is 4.59. The molecule has 0 spiro atoms. The minimum atomic E-state index is -0.893. The van der Waals surface area contributed by atoms with Gasteiger partial charge in [-0.05, 0) is 13.5 Å². The summed E-state index contributed by atoms with van der Waals surface area (Å²) in [6.07, 6.45) is 0.00910. The number of rotatable bonds is 6. The van der Waals surface area contributed by atoms with Crippen molar-refractivity contribution in [3.63, 3.8) is 0 Å². The maximum Gasteiger partial charge on any atom is 0.306 e. The summed E-state index contributed by atoms with van der Waals surface area (Å²) in [4.78, 5) is 24.3. The van der Waals surface area contributed by atoms with E-state index in [1.165, 1.54) is 0 Å². The van der Waals surface area contributed by atoms with Crippen molar-refractivity contribution < 1.29 is 19.4 Å². The number of carbonyl (C=O) groups is 2. The molecule has 2 N–H and O–H groups in total. The zero-order valence-corrected chi connectivity index (χ0v) is 11.0. The van der Waals surface area contributed by atoms with Crippen LogP contribution in [-0.2, 0) is 14.3 Å². The molecule has 0 radical (unpaired) electrons. The standard InChI is InChI=1S/C12H22N2O4/c1-3-13-9(2)6-11(15)14-4-5-18-10(8-14)7-12(16)17/h9-10,13H,3-8H2,1-2H3,(H,16,17). The van der Waals surface area contributed by atoms with Gasteiger partial charge in [0, 0.05) is 25.6 Å². The normalized spacial score (nSPS) is 21.7. The first-order valence-electron chi connectivity index (χ1n) is 6.37. The molecular formula is C12H22N2O4. The van der Waals surface area contributed by atoms with Crippen molar-refractivity contribution >= 4 is 11.9 Å². The minimum absolute atomic E-state index is 0.0491. The second kappa shape index (κ2) is 7.33. The highest BCUT2D eigenvalue weighted by Gasteiger charge is 2.26. The van der Waals surface area contributed by atoms with E-state index in [4.69, 9.17) is 9.84 Å². The number of ether oxygens (including phenoxy) is 1. The van der Waals surface area contributed by atoms with E-state index in [9.17, 15) is 9.59 Å². The van der Waals surface area contributed by atoms with Gasteiger partial charge in [0.25, 0.3) is 0 Å². The van der Waals surface area contributed by atoms with Crippen molar-refractivity contribution in [1.82, 2.24) is 10.2 Å². The van der Waals surface area contributed by atoms with E-state index >= 15 is 0 Å². The molecule has 0 aliphatic carbocycles. The van der Waals surface area contributed by atoms with Crippen LogP contribution >= 0.6 is 0 Å². The van der Waals surface area contributed by atoms with Gasteiger partial charge in [-0.1, -0.05) is 6.92 Å². The molecule has 1 heterocycles. The number of carboxylic acids is 1. The number of aliphatic carboxylic acids is 1. The molecule has 1 amide bonds. The lowest BCUT2D eigenvalue weighted by molar-refractivity contribution is -0.147. The number of morpholine rings is 1. The fourth-order valence-electron chi connectivity index (χ4n) is 2.08. The molecule has 0 bridgehead atoms. The number of nitrogens with one attached hydrogen (secondary N) is 1. The Hall–Kier alpha value is -1.14. The Morgan fingerprint density at radius 3 is 2.89 bits per heavy atom. The van der Waals surface area contributed by atoms with Gasteiger partial charge in [-0.25, -0.2) is 0 Å². The third-order valence-electron chi connectivity index (χ3n) is 2.93. The summed E-state index contributed by atoms with van der Waals surface area (Å²) in [5.41, 5.74) is 0. The Morgan fingerprint density at radius 1 is 1.56 bits per heavy atom. The second-order valence-corrected chi connectivity index (χ2v) is 4.59. The van der Waals surface area contributed by atoms with E-state index in [0.717, 1.165) is 6.54 Å². The molecule has 0 aromatic rings. The van der Waals surface area contributed by atoms with Crippen LogP contribution < -0.4 is 5.32 Å². The van der Waals surface area contributed by atoms with Crippen LogP contribution in [0.15, 0.2) is 0 Å². The average molecular weight is 258 g/mol. The highest BCUT2D eigenvalue weighted by atomic mass is 16.5. The van der Waals surface area contributed by atoms with E-state index in [1.54, 1.807) is 4.90 Å². The maximum absolute atomic E-state index is 12.0. The van der Waals surface area contributed by atoms with Crippen LogP contribution in [0.5, 0.6) is 0 Å². The third kappa shape index (κ3) is 5.01. The molecule has 1 aliphatic heterocycles. The Balaban J connectivity index is 2.40. The number of carbonyl (C=O) groups excluding carboxylic acids is 1. The van der Waals surface area contributed by atoms with Gasteiger partial charge in [-0.3, -0.25) is 9.59 Å². The van der Waals surface area contributed by atoms with E-state index in [2.05, 4.69) is 5.32 Å². The molecule has 0 aromatic heterocycles. The SMILES string of the molecule is CCNC(C)CC(=O)N1CCOC(CC(=O)O)C1. The molecular weight excluding hydrogens is 236 g/mol. The quantitative estimate of drug-likeness (QED) is 0.705. The van der Waals surface area contributed by atoms with Crippen LogP contribution in [0, 0.1) is 0 Å². The molecule has 104 valence electrons. The van der Waals surface area contributed by atoms with Crippen molar-refractivity contribution in [2.24, 2.45) is 0 Å². The van der Waals surface area contributed by atoms with Gasteiger partial charge in [0.15, 0.2) is 0 Å². The number of amides is 1. The summed E-state index contributed by atoms with van der Waals surface area (Å²) in [5.74, 6) is -0.836. The first-order chi connectivity index (χ1) is 8.52. The Kier molecular flexibility index (Phi) is 6.07. The van der Waals surface area contributed by atoms with Crippen LogP contribution in [0.2, 0.25) is 0 Å². The highest BCUT2D eigenvalue weighted by Crippen LogP contribution is 2.10. The Bertz CT molecular complexity index is 296. The smallest absolute Gasteiger partial charge is 0.306 e. The van der Waals surface area contributed by atoms with Crippen LogP contribution in [0.4, 0.5) is 0 Å². The summed E-state index contributed by atoms with van der Waals surface area (Å²) >= 11 is 0. The summed E-state index contributed by atoms with van der Waals surface area (Å²) in [6, 6.07) is 0.142. The first kappa shape index (κ1) is 14.9. The molecule has 2 atom stereocenters. The van der Waals surface area contributed by atoms with E-state index < -0.39 is 5.97 Å². The first-order valence-corrected chi connectivity index (χ1v) is 6.37. The molecule has 1 fully saturated rings. The maximum atomic E-state index is 12.0. The largest absolute Gasteiger partial charge is 0.481 e. The predicted molar refractivity (Wildman–Crippen MR) is 66.3 cm³/mol. The van der Waals surface area contributed by atoms with Gasteiger partial charge < -0.3 is 20.1 Å². The summed E-state index contributed by atoms with van der Waals surface area (Å²) in [6.45, 7) is 6.14. The van der Waals surface area contributed by atoms with Crippen molar-refractivity contribution in [3.8, 4) is 0 Å². The lowest BCUT2D eigenvalue weighted by atomic mass is 10.1. The van der Waals surface area contributed by atoms with Gasteiger partial charge in [-0.2, -0.15) is 0 Å². The number of hydrogen-bond acceptors (Lipinski definition) is 4. The molecule has 1 aliphatic rings. The minimum Gasteiger partial charge on any atom is -0.481 e. The van der Waals surface area contributed by atoms with E-state index in [0.29, 0.717) is 26.1 Å². The van der Waals surface area contributed by atoms with Crippen LogP contribution in [-0.4, -0.2) is 60.3 Å². The van der Waals surface area contributed by atoms with Crippen LogP contribution in [0.1, 0.15) is 26.7 Å². The topological polar surface area (TPSA) is 78.9 Å².